The number of hydrogen-bond acceptors (Lipinski definition) is 9. The Morgan fingerprint density at radius 3 is 2.81 bits per heavy atom. The van der Waals surface area contributed by atoms with Gasteiger partial charge in [-0.1, -0.05) is 0 Å². The van der Waals surface area contributed by atoms with Crippen LogP contribution >= 0.6 is 0 Å². The minimum absolute atomic E-state index is 0.130. The molecule has 0 saturated heterocycles. The molecule has 2 aromatic rings. The van der Waals surface area contributed by atoms with E-state index in [0.717, 1.165) is 0 Å². The van der Waals surface area contributed by atoms with E-state index in [4.69, 9.17) is 16.3 Å². The van der Waals surface area contributed by atoms with Crippen LogP contribution in [0.4, 0.5) is 11.9 Å². The number of hydrogen-bond donors (Lipinski definition) is 4. The average molecular weight is 293 g/mol. The molecule has 0 saturated carbocycles. The second-order valence-electron chi connectivity index (χ2n) is 3.84. The molecule has 0 aliphatic rings. The summed E-state index contributed by atoms with van der Waals surface area (Å²) < 4.78 is 6.62. The van der Waals surface area contributed by atoms with Crippen LogP contribution in [0.25, 0.3) is 5.95 Å². The summed E-state index contributed by atoms with van der Waals surface area (Å²) in [6, 6.07) is 0. The summed E-state index contributed by atoms with van der Waals surface area (Å²) >= 11 is 0. The molecule has 2 aromatic heterocycles. The lowest BCUT2D eigenvalue weighted by Crippen LogP contribution is -2.21. The third kappa shape index (κ3) is 4.36. The van der Waals surface area contributed by atoms with E-state index in [2.05, 4.69) is 30.7 Å². The number of carbonyl (C=O) groups is 1. The Hall–Kier alpha value is -2.79. The number of nitrogen functional groups attached to an aromatic ring is 1. The highest BCUT2D eigenvalue weighted by Gasteiger charge is 2.07. The standard InChI is InChI=1S/C10H15N9O2/c11-7(20)5-21-4-2-14-8-15-9(18-12)17-10(16-8)19-3-1-13-6-19/h1,3,6H,2,4-5,12H2,(H2,11,20)(H2,14,15,16,17,18). The fourth-order valence-electron chi connectivity index (χ4n) is 1.41. The van der Waals surface area contributed by atoms with E-state index in [1.54, 1.807) is 23.3 Å². The monoisotopic (exact) mass is 293 g/mol. The Balaban J connectivity index is 1.99. The van der Waals surface area contributed by atoms with Crippen LogP contribution in [0.2, 0.25) is 0 Å². The zero-order valence-corrected chi connectivity index (χ0v) is 11.1. The summed E-state index contributed by atoms with van der Waals surface area (Å²) in [6.45, 7) is 0.542. The molecule has 112 valence electrons. The molecule has 0 unspecified atom stereocenters. The van der Waals surface area contributed by atoms with Gasteiger partial charge in [0.15, 0.2) is 0 Å². The van der Waals surface area contributed by atoms with Gasteiger partial charge in [0.25, 0.3) is 0 Å². The van der Waals surface area contributed by atoms with Crippen molar-refractivity contribution in [2.45, 2.75) is 0 Å². The van der Waals surface area contributed by atoms with Gasteiger partial charge in [-0.15, -0.1) is 0 Å². The van der Waals surface area contributed by atoms with Crippen molar-refractivity contribution in [2.24, 2.45) is 11.6 Å². The number of primary amides is 1. The first-order valence-corrected chi connectivity index (χ1v) is 6.00. The van der Waals surface area contributed by atoms with Crippen molar-refractivity contribution in [3.63, 3.8) is 0 Å². The number of ether oxygens (including phenoxy) is 1. The Morgan fingerprint density at radius 1 is 1.33 bits per heavy atom. The maximum atomic E-state index is 10.5. The number of nitrogens with two attached hydrogens (primary N) is 2. The van der Waals surface area contributed by atoms with Gasteiger partial charge in [0.05, 0.1) is 6.61 Å². The van der Waals surface area contributed by atoms with Gasteiger partial charge >= 0.3 is 0 Å². The van der Waals surface area contributed by atoms with Crippen LogP contribution in [0.1, 0.15) is 0 Å². The number of rotatable bonds is 8. The van der Waals surface area contributed by atoms with Gasteiger partial charge in [-0.3, -0.25) is 14.8 Å². The van der Waals surface area contributed by atoms with Crippen molar-refractivity contribution in [3.8, 4) is 5.95 Å². The number of carbonyl (C=O) groups excluding carboxylic acids is 1. The molecule has 0 spiro atoms. The van der Waals surface area contributed by atoms with E-state index in [1.165, 1.54) is 0 Å². The zero-order valence-electron chi connectivity index (χ0n) is 11.1. The third-order valence-electron chi connectivity index (χ3n) is 2.26. The van der Waals surface area contributed by atoms with Gasteiger partial charge in [0, 0.05) is 18.9 Å². The number of amides is 1. The van der Waals surface area contributed by atoms with Crippen LogP contribution in [0, 0.1) is 0 Å². The zero-order chi connectivity index (χ0) is 15.1. The summed E-state index contributed by atoms with van der Waals surface area (Å²) in [5.74, 6) is 5.67. The maximum Gasteiger partial charge on any atom is 0.243 e. The number of aromatic nitrogens is 5. The molecule has 0 aromatic carbocycles. The predicted octanol–water partition coefficient (Wildman–Crippen LogP) is -1.74. The first kappa shape index (κ1) is 14.6. The minimum Gasteiger partial charge on any atom is -0.370 e. The first-order valence-electron chi connectivity index (χ1n) is 6.00. The highest BCUT2D eigenvalue weighted by molar-refractivity contribution is 5.74. The van der Waals surface area contributed by atoms with Crippen LogP contribution in [-0.4, -0.2) is 50.2 Å². The topological polar surface area (TPSA) is 159 Å². The average Bonchev–Trinajstić information content (AvgIpc) is 3.00. The highest BCUT2D eigenvalue weighted by Crippen LogP contribution is 2.07. The lowest BCUT2D eigenvalue weighted by atomic mass is 10.6. The molecule has 0 fully saturated rings. The molecular formula is C10H15N9O2. The fraction of sp³-hybridized carbons (Fsp3) is 0.300. The molecular weight excluding hydrogens is 278 g/mol. The molecule has 0 aliphatic heterocycles. The van der Waals surface area contributed by atoms with Gasteiger partial charge in [0.2, 0.25) is 23.8 Å². The summed E-state index contributed by atoms with van der Waals surface area (Å²) in [6.07, 6.45) is 4.84. The Morgan fingerprint density at radius 2 is 2.14 bits per heavy atom. The smallest absolute Gasteiger partial charge is 0.243 e. The summed E-state index contributed by atoms with van der Waals surface area (Å²) in [5.41, 5.74) is 7.31. The largest absolute Gasteiger partial charge is 0.370 e. The molecule has 6 N–H and O–H groups in total. The molecule has 2 heterocycles. The lowest BCUT2D eigenvalue weighted by Gasteiger charge is -2.08. The van der Waals surface area contributed by atoms with Crippen LogP contribution in [0.5, 0.6) is 0 Å². The number of nitrogens with one attached hydrogen (secondary N) is 2. The Bertz CT molecular complexity index is 586. The summed E-state index contributed by atoms with van der Waals surface area (Å²) in [7, 11) is 0. The van der Waals surface area contributed by atoms with E-state index in [9.17, 15) is 4.79 Å². The van der Waals surface area contributed by atoms with Crippen LogP contribution in [-0.2, 0) is 9.53 Å². The summed E-state index contributed by atoms with van der Waals surface area (Å²) in [4.78, 5) is 26.8. The Kier molecular flexibility index (Phi) is 4.95. The van der Waals surface area contributed by atoms with E-state index >= 15 is 0 Å². The fourth-order valence-corrected chi connectivity index (χ4v) is 1.41. The van der Waals surface area contributed by atoms with Gasteiger partial charge in [0.1, 0.15) is 12.9 Å². The van der Waals surface area contributed by atoms with Gasteiger partial charge in [-0.2, -0.15) is 15.0 Å². The van der Waals surface area contributed by atoms with Crippen molar-refractivity contribution < 1.29 is 9.53 Å². The normalized spacial score (nSPS) is 10.3. The number of hydrazine groups is 1. The van der Waals surface area contributed by atoms with Gasteiger partial charge < -0.3 is 15.8 Å². The SMILES string of the molecule is NNc1nc(NCCOCC(N)=O)nc(-n2ccnc2)n1. The number of nitrogens with zero attached hydrogens (tertiary/aromatic N) is 5. The van der Waals surface area contributed by atoms with Crippen LogP contribution < -0.4 is 22.3 Å². The molecule has 21 heavy (non-hydrogen) atoms. The Labute approximate surface area is 119 Å². The first-order chi connectivity index (χ1) is 10.2. The second kappa shape index (κ2) is 7.12. The van der Waals surface area contributed by atoms with Crippen LogP contribution in [0.3, 0.4) is 0 Å². The summed E-state index contributed by atoms with van der Waals surface area (Å²) in [5, 5.41) is 2.93. The lowest BCUT2D eigenvalue weighted by molar-refractivity contribution is -0.122. The van der Waals surface area contributed by atoms with Gasteiger partial charge in [-0.25, -0.2) is 10.8 Å². The molecule has 0 atom stereocenters. The van der Waals surface area contributed by atoms with Crippen molar-refractivity contribution in [1.82, 2.24) is 24.5 Å². The number of imidazole rings is 1. The van der Waals surface area contributed by atoms with E-state index < -0.39 is 5.91 Å². The van der Waals surface area contributed by atoms with Gasteiger partial charge in [-0.05, 0) is 0 Å². The third-order valence-corrected chi connectivity index (χ3v) is 2.26. The quantitative estimate of drug-likeness (QED) is 0.251. The highest BCUT2D eigenvalue weighted by atomic mass is 16.5. The molecule has 0 bridgehead atoms. The van der Waals surface area contributed by atoms with Crippen molar-refractivity contribution >= 4 is 17.8 Å². The van der Waals surface area contributed by atoms with Crippen LogP contribution in [0.15, 0.2) is 18.7 Å². The molecule has 11 heteroatoms. The second-order valence-corrected chi connectivity index (χ2v) is 3.84. The van der Waals surface area contributed by atoms with E-state index in [0.29, 0.717) is 18.4 Å². The molecule has 11 nitrogen and oxygen atoms in total. The predicted molar refractivity (Wildman–Crippen MR) is 73.3 cm³/mol. The number of anilines is 2. The molecule has 2 rings (SSSR count). The maximum absolute atomic E-state index is 10.5. The van der Waals surface area contributed by atoms with Crippen molar-refractivity contribution in [1.29, 1.82) is 0 Å². The van der Waals surface area contributed by atoms with E-state index in [-0.39, 0.29) is 19.2 Å². The van der Waals surface area contributed by atoms with Crippen molar-refractivity contribution in [2.75, 3.05) is 30.5 Å². The molecule has 0 aliphatic carbocycles. The molecule has 1 amide bonds. The van der Waals surface area contributed by atoms with Crippen molar-refractivity contribution in [3.05, 3.63) is 18.7 Å². The van der Waals surface area contributed by atoms with E-state index in [1.807, 2.05) is 0 Å². The minimum atomic E-state index is -0.521. The molecule has 0 radical (unpaired) electrons.